The summed E-state index contributed by atoms with van der Waals surface area (Å²) in [5.41, 5.74) is 0. The Kier molecular flexibility index (Phi) is 4.24. The molecule has 0 unspecified atom stereocenters. The minimum atomic E-state index is -0.266. The third-order valence-corrected chi connectivity index (χ3v) is 3.99. The van der Waals surface area contributed by atoms with Gasteiger partial charge in [-0.15, -0.1) is 0 Å². The Morgan fingerprint density at radius 3 is 2.95 bits per heavy atom. The van der Waals surface area contributed by atoms with E-state index in [4.69, 9.17) is 0 Å². The molecule has 3 rings (SSSR count). The van der Waals surface area contributed by atoms with Crippen LogP contribution in [0.3, 0.4) is 0 Å². The molecule has 1 fully saturated rings. The largest absolute Gasteiger partial charge is 0.391 e. The number of rotatable bonds is 4. The Morgan fingerprint density at radius 2 is 2.23 bits per heavy atom. The maximum absolute atomic E-state index is 9.81. The van der Waals surface area contributed by atoms with Crippen LogP contribution in [0, 0.1) is 0 Å². The summed E-state index contributed by atoms with van der Waals surface area (Å²) in [7, 11) is 3.93. The van der Waals surface area contributed by atoms with E-state index in [1.54, 1.807) is 12.4 Å². The van der Waals surface area contributed by atoms with Crippen molar-refractivity contribution in [3.8, 4) is 0 Å². The zero-order valence-electron chi connectivity index (χ0n) is 13.1. The van der Waals surface area contributed by atoms with Gasteiger partial charge in [-0.25, -0.2) is 9.97 Å². The highest BCUT2D eigenvalue weighted by atomic mass is 16.3. The van der Waals surface area contributed by atoms with Crippen LogP contribution in [0.2, 0.25) is 0 Å². The fourth-order valence-electron chi connectivity index (χ4n) is 2.69. The number of hydrogen-bond donors (Lipinski definition) is 1. The average molecular weight is 302 g/mol. The van der Waals surface area contributed by atoms with Gasteiger partial charge < -0.3 is 19.5 Å². The molecule has 7 heteroatoms. The van der Waals surface area contributed by atoms with E-state index in [1.165, 1.54) is 0 Å². The molecule has 1 saturated heterocycles. The van der Waals surface area contributed by atoms with Gasteiger partial charge in [0, 0.05) is 45.8 Å². The summed E-state index contributed by atoms with van der Waals surface area (Å²) in [6.07, 6.45) is 7.08. The maximum atomic E-state index is 9.81. The van der Waals surface area contributed by atoms with Crippen molar-refractivity contribution >= 4 is 11.8 Å². The number of imidazole rings is 1. The molecule has 2 aromatic rings. The van der Waals surface area contributed by atoms with Gasteiger partial charge in [0.05, 0.1) is 12.6 Å². The summed E-state index contributed by atoms with van der Waals surface area (Å²) in [4.78, 5) is 17.4. The molecular formula is C15H22N6O. The van der Waals surface area contributed by atoms with Gasteiger partial charge in [0.2, 0.25) is 5.95 Å². The van der Waals surface area contributed by atoms with Crippen molar-refractivity contribution in [2.45, 2.75) is 25.5 Å². The first-order valence-corrected chi connectivity index (χ1v) is 7.57. The summed E-state index contributed by atoms with van der Waals surface area (Å²) in [6, 6.07) is 1.90. The topological polar surface area (TPSA) is 70.3 Å². The molecule has 0 aliphatic carbocycles. The van der Waals surface area contributed by atoms with Gasteiger partial charge in [0.1, 0.15) is 11.6 Å². The minimum Gasteiger partial charge on any atom is -0.391 e. The Labute approximate surface area is 130 Å². The predicted molar refractivity (Wildman–Crippen MR) is 84.8 cm³/mol. The van der Waals surface area contributed by atoms with Crippen LogP contribution in [0.25, 0.3) is 0 Å². The van der Waals surface area contributed by atoms with Gasteiger partial charge in [-0.05, 0) is 18.9 Å². The SMILES string of the molecule is CN(Cc1nccn1C)c1nccc(N2CCC[C@H](O)C2)n1. The van der Waals surface area contributed by atoms with Crippen molar-refractivity contribution in [1.82, 2.24) is 19.5 Å². The highest BCUT2D eigenvalue weighted by Gasteiger charge is 2.19. The molecule has 3 heterocycles. The van der Waals surface area contributed by atoms with Gasteiger partial charge in [-0.1, -0.05) is 0 Å². The summed E-state index contributed by atoms with van der Waals surface area (Å²) < 4.78 is 1.99. The first kappa shape index (κ1) is 14.8. The number of aromatic nitrogens is 4. The second kappa shape index (κ2) is 6.31. The average Bonchev–Trinajstić information content (AvgIpc) is 2.92. The quantitative estimate of drug-likeness (QED) is 0.901. The van der Waals surface area contributed by atoms with Crippen LogP contribution in [-0.4, -0.2) is 50.9 Å². The smallest absolute Gasteiger partial charge is 0.227 e. The lowest BCUT2D eigenvalue weighted by Gasteiger charge is -2.31. The number of β-amino-alcohol motifs (C(OH)–C–C–N with tert-alkyl or cyclic N) is 1. The second-order valence-electron chi connectivity index (χ2n) is 5.77. The summed E-state index contributed by atoms with van der Waals surface area (Å²) in [6.45, 7) is 2.21. The van der Waals surface area contributed by atoms with E-state index >= 15 is 0 Å². The molecule has 1 atom stereocenters. The highest BCUT2D eigenvalue weighted by molar-refractivity contribution is 5.44. The number of nitrogens with zero attached hydrogens (tertiary/aromatic N) is 6. The molecule has 0 aromatic carbocycles. The monoisotopic (exact) mass is 302 g/mol. The first-order chi connectivity index (χ1) is 10.6. The standard InChI is InChI=1S/C15H22N6O/c1-19-9-7-16-14(19)11-20(2)15-17-6-5-13(18-15)21-8-3-4-12(22)10-21/h5-7,9,12,22H,3-4,8,10-11H2,1-2H3/t12-/m0/s1. The zero-order valence-corrected chi connectivity index (χ0v) is 13.1. The fraction of sp³-hybridized carbons (Fsp3) is 0.533. The van der Waals surface area contributed by atoms with E-state index in [-0.39, 0.29) is 6.10 Å². The number of aliphatic hydroxyl groups is 1. The third kappa shape index (κ3) is 3.19. The van der Waals surface area contributed by atoms with Crippen LogP contribution in [0.1, 0.15) is 18.7 Å². The molecule has 118 valence electrons. The number of hydrogen-bond acceptors (Lipinski definition) is 6. The highest BCUT2D eigenvalue weighted by Crippen LogP contribution is 2.19. The van der Waals surface area contributed by atoms with E-state index in [0.717, 1.165) is 31.0 Å². The fourth-order valence-corrected chi connectivity index (χ4v) is 2.69. The molecule has 0 radical (unpaired) electrons. The lowest BCUT2D eigenvalue weighted by molar-refractivity contribution is 0.154. The molecule has 1 aliphatic rings. The maximum Gasteiger partial charge on any atom is 0.227 e. The van der Waals surface area contributed by atoms with Gasteiger partial charge in [0.25, 0.3) is 0 Å². The molecular weight excluding hydrogens is 280 g/mol. The minimum absolute atomic E-state index is 0.266. The summed E-state index contributed by atoms with van der Waals surface area (Å²) >= 11 is 0. The van der Waals surface area contributed by atoms with Crippen LogP contribution in [-0.2, 0) is 13.6 Å². The third-order valence-electron chi connectivity index (χ3n) is 3.99. The van der Waals surface area contributed by atoms with E-state index in [1.807, 2.05) is 35.8 Å². The summed E-state index contributed by atoms with van der Waals surface area (Å²) in [5.74, 6) is 2.50. The van der Waals surface area contributed by atoms with Crippen LogP contribution in [0.4, 0.5) is 11.8 Å². The van der Waals surface area contributed by atoms with Gasteiger partial charge in [-0.2, -0.15) is 4.98 Å². The van der Waals surface area contributed by atoms with Crippen molar-refractivity contribution in [2.24, 2.45) is 7.05 Å². The molecule has 2 aromatic heterocycles. The van der Waals surface area contributed by atoms with E-state index in [2.05, 4.69) is 19.9 Å². The van der Waals surface area contributed by atoms with E-state index < -0.39 is 0 Å². The molecule has 0 spiro atoms. The number of aliphatic hydroxyl groups excluding tert-OH is 1. The molecule has 22 heavy (non-hydrogen) atoms. The van der Waals surface area contributed by atoms with E-state index in [9.17, 15) is 5.11 Å². The Morgan fingerprint density at radius 1 is 1.36 bits per heavy atom. The van der Waals surface area contributed by atoms with Crippen LogP contribution < -0.4 is 9.80 Å². The molecule has 0 saturated carbocycles. The molecule has 0 bridgehead atoms. The number of anilines is 2. The first-order valence-electron chi connectivity index (χ1n) is 7.57. The van der Waals surface area contributed by atoms with Crippen molar-refractivity contribution in [2.75, 3.05) is 29.9 Å². The predicted octanol–water partition coefficient (Wildman–Crippen LogP) is 0.808. The van der Waals surface area contributed by atoms with E-state index in [0.29, 0.717) is 19.0 Å². The molecule has 1 aliphatic heterocycles. The molecule has 7 nitrogen and oxygen atoms in total. The lowest BCUT2D eigenvalue weighted by Crippen LogP contribution is -2.39. The lowest BCUT2D eigenvalue weighted by atomic mass is 10.1. The van der Waals surface area contributed by atoms with Crippen LogP contribution in [0.5, 0.6) is 0 Å². The number of aryl methyl sites for hydroxylation is 1. The van der Waals surface area contributed by atoms with Crippen molar-refractivity contribution in [1.29, 1.82) is 0 Å². The zero-order chi connectivity index (χ0) is 15.5. The Bertz CT molecular complexity index is 628. The number of piperidine rings is 1. The Balaban J connectivity index is 1.74. The molecule has 1 N–H and O–H groups in total. The van der Waals surface area contributed by atoms with Gasteiger partial charge in [0.15, 0.2) is 0 Å². The Hall–Kier alpha value is -2.15. The van der Waals surface area contributed by atoms with Crippen LogP contribution >= 0.6 is 0 Å². The molecule has 0 amide bonds. The second-order valence-corrected chi connectivity index (χ2v) is 5.77. The van der Waals surface area contributed by atoms with Crippen molar-refractivity contribution in [3.05, 3.63) is 30.5 Å². The van der Waals surface area contributed by atoms with Crippen molar-refractivity contribution < 1.29 is 5.11 Å². The van der Waals surface area contributed by atoms with Crippen LogP contribution in [0.15, 0.2) is 24.7 Å². The summed E-state index contributed by atoms with van der Waals surface area (Å²) in [5, 5.41) is 9.81. The van der Waals surface area contributed by atoms with Crippen molar-refractivity contribution in [3.63, 3.8) is 0 Å². The van der Waals surface area contributed by atoms with Gasteiger partial charge in [-0.3, -0.25) is 0 Å². The normalized spacial score (nSPS) is 18.5. The van der Waals surface area contributed by atoms with Gasteiger partial charge >= 0.3 is 0 Å².